The average Bonchev–Trinajstić information content (AvgIpc) is 2.85. The van der Waals surface area contributed by atoms with Gasteiger partial charge >= 0.3 is 0 Å². The van der Waals surface area contributed by atoms with Gasteiger partial charge in [-0.3, -0.25) is 0 Å². The third-order valence-corrected chi connectivity index (χ3v) is 3.05. The van der Waals surface area contributed by atoms with Crippen LogP contribution in [0.3, 0.4) is 0 Å². The summed E-state index contributed by atoms with van der Waals surface area (Å²) >= 11 is 0. The molecule has 1 heterocycles. The molecule has 2 aromatic rings. The quantitative estimate of drug-likeness (QED) is 0.881. The smallest absolute Gasteiger partial charge is 0.122 e. The van der Waals surface area contributed by atoms with Crippen LogP contribution in [0.5, 0.6) is 5.75 Å². The van der Waals surface area contributed by atoms with E-state index in [4.69, 9.17) is 4.74 Å². The summed E-state index contributed by atoms with van der Waals surface area (Å²) in [5, 5.41) is 10.5. The molecule has 0 fully saturated rings. The minimum atomic E-state index is 0.707. The Labute approximate surface area is 107 Å². The van der Waals surface area contributed by atoms with Crippen molar-refractivity contribution in [2.45, 2.75) is 33.6 Å². The van der Waals surface area contributed by atoms with Gasteiger partial charge in [0.25, 0.3) is 0 Å². The van der Waals surface area contributed by atoms with Gasteiger partial charge in [0.2, 0.25) is 0 Å². The van der Waals surface area contributed by atoms with Gasteiger partial charge in [-0.2, -0.15) is 15.4 Å². The maximum atomic E-state index is 5.60. The molecule has 0 radical (unpaired) electrons. The summed E-state index contributed by atoms with van der Waals surface area (Å²) in [6.45, 7) is 6.93. The number of nitrogens with zero attached hydrogens (tertiary/aromatic N) is 2. The lowest BCUT2D eigenvalue weighted by Gasteiger charge is -2.12. The molecule has 0 spiro atoms. The fourth-order valence-corrected chi connectivity index (χ4v) is 2.04. The van der Waals surface area contributed by atoms with Crippen molar-refractivity contribution in [3.8, 4) is 5.75 Å². The summed E-state index contributed by atoms with van der Waals surface area (Å²) in [4.78, 5) is 0. The van der Waals surface area contributed by atoms with E-state index in [2.05, 4.69) is 41.4 Å². The van der Waals surface area contributed by atoms with E-state index in [0.717, 1.165) is 24.3 Å². The Balaban J connectivity index is 2.11. The third-order valence-electron chi connectivity index (χ3n) is 3.05. The SMILES string of the molecule is CCOc1cc(C)c(CCc2cn[nH]n2)cc1C. The van der Waals surface area contributed by atoms with Gasteiger partial charge < -0.3 is 4.74 Å². The highest BCUT2D eigenvalue weighted by atomic mass is 16.5. The van der Waals surface area contributed by atoms with Crippen LogP contribution in [0.25, 0.3) is 0 Å². The number of aromatic amines is 1. The Kier molecular flexibility index (Phi) is 3.97. The third kappa shape index (κ3) is 2.88. The van der Waals surface area contributed by atoms with Crippen LogP contribution in [0.15, 0.2) is 18.3 Å². The Morgan fingerprint density at radius 3 is 2.67 bits per heavy atom. The summed E-state index contributed by atoms with van der Waals surface area (Å²) < 4.78 is 5.60. The van der Waals surface area contributed by atoms with E-state index < -0.39 is 0 Å². The Morgan fingerprint density at radius 2 is 2.00 bits per heavy atom. The molecule has 1 aromatic heterocycles. The molecule has 18 heavy (non-hydrogen) atoms. The molecular weight excluding hydrogens is 226 g/mol. The second-order valence-corrected chi connectivity index (χ2v) is 4.44. The van der Waals surface area contributed by atoms with Crippen molar-refractivity contribution in [3.63, 3.8) is 0 Å². The molecule has 0 atom stereocenters. The number of benzene rings is 1. The van der Waals surface area contributed by atoms with Gasteiger partial charge in [0.1, 0.15) is 5.75 Å². The van der Waals surface area contributed by atoms with Crippen LogP contribution in [-0.4, -0.2) is 22.0 Å². The van der Waals surface area contributed by atoms with E-state index in [1.165, 1.54) is 16.7 Å². The first-order valence-corrected chi connectivity index (χ1v) is 6.28. The number of nitrogens with one attached hydrogen (secondary N) is 1. The lowest BCUT2D eigenvalue weighted by atomic mass is 10.00. The topological polar surface area (TPSA) is 50.8 Å². The highest BCUT2D eigenvalue weighted by Crippen LogP contribution is 2.23. The van der Waals surface area contributed by atoms with Crippen LogP contribution >= 0.6 is 0 Å². The zero-order valence-corrected chi connectivity index (χ0v) is 11.2. The van der Waals surface area contributed by atoms with Gasteiger partial charge in [0.15, 0.2) is 0 Å². The normalized spacial score (nSPS) is 10.6. The van der Waals surface area contributed by atoms with Gasteiger partial charge in [-0.1, -0.05) is 6.07 Å². The van der Waals surface area contributed by atoms with Crippen molar-refractivity contribution in [2.24, 2.45) is 0 Å². The van der Waals surface area contributed by atoms with Crippen molar-refractivity contribution < 1.29 is 4.74 Å². The first kappa shape index (κ1) is 12.6. The number of aromatic nitrogens is 3. The summed E-state index contributed by atoms with van der Waals surface area (Å²) in [6.07, 6.45) is 3.66. The molecule has 0 aliphatic carbocycles. The molecule has 0 amide bonds. The van der Waals surface area contributed by atoms with E-state index in [1.807, 2.05) is 6.92 Å². The maximum absolute atomic E-state index is 5.60. The first-order valence-electron chi connectivity index (χ1n) is 6.28. The fourth-order valence-electron chi connectivity index (χ4n) is 2.04. The number of hydrogen-bond acceptors (Lipinski definition) is 3. The minimum Gasteiger partial charge on any atom is -0.494 e. The summed E-state index contributed by atoms with van der Waals surface area (Å²) in [7, 11) is 0. The summed E-state index contributed by atoms with van der Waals surface area (Å²) in [5.74, 6) is 0.986. The van der Waals surface area contributed by atoms with Gasteiger partial charge in [-0.05, 0) is 56.4 Å². The molecule has 0 saturated carbocycles. The molecule has 0 unspecified atom stereocenters. The first-order chi connectivity index (χ1) is 8.70. The summed E-state index contributed by atoms with van der Waals surface area (Å²) in [5.41, 5.74) is 4.81. The maximum Gasteiger partial charge on any atom is 0.122 e. The van der Waals surface area contributed by atoms with Crippen LogP contribution in [0.2, 0.25) is 0 Å². The standard InChI is InChI=1S/C14H19N3O/c1-4-18-14-8-10(2)12(7-11(14)3)5-6-13-9-15-17-16-13/h7-9H,4-6H2,1-3H3,(H,15,16,17). The van der Waals surface area contributed by atoms with Crippen molar-refractivity contribution in [1.82, 2.24) is 15.4 Å². The highest BCUT2D eigenvalue weighted by Gasteiger charge is 2.06. The van der Waals surface area contributed by atoms with E-state index in [1.54, 1.807) is 6.20 Å². The Morgan fingerprint density at radius 1 is 1.17 bits per heavy atom. The Bertz CT molecular complexity index is 506. The molecule has 0 saturated heterocycles. The second-order valence-electron chi connectivity index (χ2n) is 4.44. The van der Waals surface area contributed by atoms with E-state index in [0.29, 0.717) is 6.61 Å². The zero-order chi connectivity index (χ0) is 13.0. The number of H-pyrrole nitrogens is 1. The molecule has 4 heteroatoms. The predicted molar refractivity (Wildman–Crippen MR) is 70.9 cm³/mol. The monoisotopic (exact) mass is 245 g/mol. The fraction of sp³-hybridized carbons (Fsp3) is 0.429. The molecule has 4 nitrogen and oxygen atoms in total. The summed E-state index contributed by atoms with van der Waals surface area (Å²) in [6, 6.07) is 4.33. The molecule has 2 rings (SSSR count). The number of aryl methyl sites for hydroxylation is 4. The minimum absolute atomic E-state index is 0.707. The average molecular weight is 245 g/mol. The van der Waals surface area contributed by atoms with Crippen LogP contribution in [0.4, 0.5) is 0 Å². The number of rotatable bonds is 5. The van der Waals surface area contributed by atoms with Gasteiger partial charge in [0, 0.05) is 0 Å². The number of hydrogen-bond donors (Lipinski definition) is 1. The molecule has 0 bridgehead atoms. The van der Waals surface area contributed by atoms with Gasteiger partial charge in [-0.15, -0.1) is 0 Å². The molecule has 1 N–H and O–H groups in total. The van der Waals surface area contributed by atoms with Crippen LogP contribution in [0, 0.1) is 13.8 Å². The molecule has 96 valence electrons. The molecule has 1 aromatic carbocycles. The van der Waals surface area contributed by atoms with E-state index >= 15 is 0 Å². The molecular formula is C14H19N3O. The van der Waals surface area contributed by atoms with Crippen LogP contribution < -0.4 is 4.74 Å². The second kappa shape index (κ2) is 5.67. The zero-order valence-electron chi connectivity index (χ0n) is 11.2. The van der Waals surface area contributed by atoms with Crippen LogP contribution in [-0.2, 0) is 12.8 Å². The van der Waals surface area contributed by atoms with Crippen molar-refractivity contribution in [3.05, 3.63) is 40.7 Å². The predicted octanol–water partition coefficient (Wildman–Crippen LogP) is 2.61. The lowest BCUT2D eigenvalue weighted by molar-refractivity contribution is 0.337. The van der Waals surface area contributed by atoms with E-state index in [-0.39, 0.29) is 0 Å². The van der Waals surface area contributed by atoms with Crippen molar-refractivity contribution in [1.29, 1.82) is 0 Å². The largest absolute Gasteiger partial charge is 0.494 e. The van der Waals surface area contributed by atoms with Gasteiger partial charge in [0.05, 0.1) is 18.5 Å². The number of ether oxygens (including phenoxy) is 1. The highest BCUT2D eigenvalue weighted by molar-refractivity contribution is 5.41. The molecule has 0 aliphatic rings. The Hall–Kier alpha value is -1.84. The van der Waals surface area contributed by atoms with Crippen molar-refractivity contribution >= 4 is 0 Å². The van der Waals surface area contributed by atoms with Crippen LogP contribution in [0.1, 0.15) is 29.3 Å². The van der Waals surface area contributed by atoms with Crippen molar-refractivity contribution in [2.75, 3.05) is 6.61 Å². The lowest BCUT2D eigenvalue weighted by Crippen LogP contribution is -1.99. The molecule has 0 aliphatic heterocycles. The van der Waals surface area contributed by atoms with Gasteiger partial charge in [-0.25, -0.2) is 0 Å². The van der Waals surface area contributed by atoms with E-state index in [9.17, 15) is 0 Å².